The molecule has 28 heavy (non-hydrogen) atoms. The van der Waals surface area contributed by atoms with Crippen molar-refractivity contribution in [1.29, 1.82) is 0 Å². The zero-order chi connectivity index (χ0) is 20.9. The maximum atomic E-state index is 12.6. The van der Waals surface area contributed by atoms with Gasteiger partial charge in [0.1, 0.15) is 5.75 Å². The Labute approximate surface area is 173 Å². The van der Waals surface area contributed by atoms with Crippen LogP contribution in [0.25, 0.3) is 0 Å². The van der Waals surface area contributed by atoms with Crippen LogP contribution >= 0.6 is 23.2 Å². The fourth-order valence-corrected chi connectivity index (χ4v) is 3.80. The molecule has 150 valence electrons. The summed E-state index contributed by atoms with van der Waals surface area (Å²) in [6.45, 7) is 1.34. The van der Waals surface area contributed by atoms with Crippen LogP contribution in [0.3, 0.4) is 0 Å². The van der Waals surface area contributed by atoms with Crippen molar-refractivity contribution < 1.29 is 17.9 Å². The van der Waals surface area contributed by atoms with E-state index in [0.29, 0.717) is 26.9 Å². The van der Waals surface area contributed by atoms with Crippen molar-refractivity contribution in [3.05, 3.63) is 57.6 Å². The second kappa shape index (κ2) is 9.38. The number of rotatable bonds is 7. The molecule has 1 amide bonds. The number of benzene rings is 2. The fraction of sp³-hybridized carbons (Fsp3) is 0.222. The van der Waals surface area contributed by atoms with Gasteiger partial charge in [-0.25, -0.2) is 13.8 Å². The Morgan fingerprint density at radius 2 is 1.93 bits per heavy atom. The number of carbonyl (C=O) groups excluding carboxylic acids is 1. The van der Waals surface area contributed by atoms with E-state index in [2.05, 4.69) is 10.5 Å². The first kappa shape index (κ1) is 22.2. The van der Waals surface area contributed by atoms with E-state index in [4.69, 9.17) is 27.9 Å². The van der Waals surface area contributed by atoms with Crippen molar-refractivity contribution in [2.45, 2.75) is 11.8 Å². The average molecular weight is 444 g/mol. The maximum Gasteiger partial charge on any atom is 0.255 e. The Morgan fingerprint density at radius 3 is 2.54 bits per heavy atom. The van der Waals surface area contributed by atoms with Gasteiger partial charge in [0.2, 0.25) is 10.0 Å². The lowest BCUT2D eigenvalue weighted by Gasteiger charge is -2.17. The zero-order valence-electron chi connectivity index (χ0n) is 15.4. The minimum Gasteiger partial charge on any atom is -0.496 e. The van der Waals surface area contributed by atoms with Crippen molar-refractivity contribution in [3.8, 4) is 5.75 Å². The van der Waals surface area contributed by atoms with Crippen molar-refractivity contribution >= 4 is 45.3 Å². The SMILES string of the molecule is COc1ccc(S(=O)(=O)N(C)CC(=O)N/N=C/c2ccc(Cl)c(Cl)c2)cc1C. The first-order valence-electron chi connectivity index (χ1n) is 8.03. The number of hydrogen-bond donors (Lipinski definition) is 1. The molecular formula is C18H19Cl2N3O4S. The topological polar surface area (TPSA) is 88.1 Å². The van der Waals surface area contributed by atoms with E-state index in [1.807, 2.05) is 0 Å². The summed E-state index contributed by atoms with van der Waals surface area (Å²) in [5.41, 5.74) is 3.58. The maximum absolute atomic E-state index is 12.6. The van der Waals surface area contributed by atoms with Crippen molar-refractivity contribution in [1.82, 2.24) is 9.73 Å². The van der Waals surface area contributed by atoms with E-state index < -0.39 is 22.5 Å². The predicted molar refractivity (Wildman–Crippen MR) is 110 cm³/mol. The molecule has 2 aromatic carbocycles. The standard InChI is InChI=1S/C18H19Cl2N3O4S/c1-12-8-14(5-7-17(12)27-3)28(25,26)23(2)11-18(24)22-21-10-13-4-6-15(19)16(20)9-13/h4-10H,11H2,1-3H3,(H,22,24)/b21-10+. The lowest BCUT2D eigenvalue weighted by molar-refractivity contribution is -0.121. The predicted octanol–water partition coefficient (Wildman–Crippen LogP) is 3.08. The number of nitrogens with one attached hydrogen (secondary N) is 1. The first-order chi connectivity index (χ1) is 13.1. The molecule has 0 saturated carbocycles. The number of carbonyl (C=O) groups is 1. The molecule has 0 aliphatic carbocycles. The van der Waals surface area contributed by atoms with Gasteiger partial charge < -0.3 is 4.74 Å². The van der Waals surface area contributed by atoms with Crippen LogP contribution in [0, 0.1) is 6.92 Å². The van der Waals surface area contributed by atoms with E-state index in [1.165, 1.54) is 32.5 Å². The molecule has 0 fully saturated rings. The molecule has 10 heteroatoms. The molecule has 0 unspecified atom stereocenters. The van der Waals surface area contributed by atoms with Crippen LogP contribution in [0.4, 0.5) is 0 Å². The number of likely N-dealkylation sites (N-methyl/N-ethyl adjacent to an activating group) is 1. The van der Waals surface area contributed by atoms with Crippen LogP contribution in [0.15, 0.2) is 46.4 Å². The number of amides is 1. The summed E-state index contributed by atoms with van der Waals surface area (Å²) in [4.78, 5) is 12.1. The van der Waals surface area contributed by atoms with Crippen molar-refractivity contribution in [2.24, 2.45) is 5.10 Å². The molecule has 2 rings (SSSR count). The number of hydrogen-bond acceptors (Lipinski definition) is 5. The molecule has 7 nitrogen and oxygen atoms in total. The molecular weight excluding hydrogens is 425 g/mol. The van der Waals surface area contributed by atoms with Crippen LogP contribution in [0.1, 0.15) is 11.1 Å². The summed E-state index contributed by atoms with van der Waals surface area (Å²) in [7, 11) is -1.01. The van der Waals surface area contributed by atoms with Gasteiger partial charge in [-0.15, -0.1) is 0 Å². The number of nitrogens with zero attached hydrogens (tertiary/aromatic N) is 2. The Balaban J connectivity index is 2.01. The van der Waals surface area contributed by atoms with Crippen LogP contribution in [0.5, 0.6) is 5.75 Å². The molecule has 0 radical (unpaired) electrons. The molecule has 0 bridgehead atoms. The smallest absolute Gasteiger partial charge is 0.255 e. The Kier molecular flexibility index (Phi) is 7.42. The lowest BCUT2D eigenvalue weighted by Crippen LogP contribution is -2.36. The van der Waals surface area contributed by atoms with E-state index in [1.54, 1.807) is 31.2 Å². The number of halogens is 2. The Morgan fingerprint density at radius 1 is 1.21 bits per heavy atom. The van der Waals surface area contributed by atoms with Gasteiger partial charge in [-0.2, -0.15) is 9.41 Å². The van der Waals surface area contributed by atoms with Gasteiger partial charge in [0, 0.05) is 7.05 Å². The van der Waals surface area contributed by atoms with E-state index in [0.717, 1.165) is 4.31 Å². The molecule has 0 aromatic heterocycles. The highest BCUT2D eigenvalue weighted by Gasteiger charge is 2.23. The normalized spacial score (nSPS) is 11.8. The quantitative estimate of drug-likeness (QED) is 0.525. The second-order valence-corrected chi connectivity index (χ2v) is 8.72. The third-order valence-corrected chi connectivity index (χ3v) is 6.33. The molecule has 2 aromatic rings. The van der Waals surface area contributed by atoms with Crippen LogP contribution in [0.2, 0.25) is 10.0 Å². The summed E-state index contributed by atoms with van der Waals surface area (Å²) < 4.78 is 31.3. The second-order valence-electron chi connectivity index (χ2n) is 5.86. The molecule has 0 aliphatic heterocycles. The summed E-state index contributed by atoms with van der Waals surface area (Å²) in [5, 5.41) is 4.56. The number of hydrazone groups is 1. The van der Waals surface area contributed by atoms with E-state index >= 15 is 0 Å². The molecule has 0 saturated heterocycles. The van der Waals surface area contributed by atoms with Gasteiger partial charge >= 0.3 is 0 Å². The third-order valence-electron chi connectivity index (χ3n) is 3.79. The molecule has 1 N–H and O–H groups in total. The highest BCUT2D eigenvalue weighted by Crippen LogP contribution is 2.23. The van der Waals surface area contributed by atoms with Crippen LogP contribution < -0.4 is 10.2 Å². The summed E-state index contributed by atoms with van der Waals surface area (Å²) in [6, 6.07) is 9.35. The minimum absolute atomic E-state index is 0.0698. The summed E-state index contributed by atoms with van der Waals surface area (Å²) in [6.07, 6.45) is 1.38. The van der Waals surface area contributed by atoms with Gasteiger partial charge in [-0.3, -0.25) is 4.79 Å². The highest BCUT2D eigenvalue weighted by atomic mass is 35.5. The van der Waals surface area contributed by atoms with Crippen LogP contribution in [-0.4, -0.2) is 45.5 Å². The van der Waals surface area contributed by atoms with Gasteiger partial charge in [0.25, 0.3) is 5.91 Å². The molecule has 0 aliphatic rings. The average Bonchev–Trinajstić information content (AvgIpc) is 2.64. The number of aryl methyl sites for hydroxylation is 1. The van der Waals surface area contributed by atoms with E-state index in [-0.39, 0.29) is 4.90 Å². The van der Waals surface area contributed by atoms with Crippen LogP contribution in [-0.2, 0) is 14.8 Å². The Hall–Kier alpha value is -2.13. The van der Waals surface area contributed by atoms with Crippen molar-refractivity contribution in [3.63, 3.8) is 0 Å². The summed E-state index contributed by atoms with van der Waals surface area (Å²) >= 11 is 11.7. The van der Waals surface area contributed by atoms with Gasteiger partial charge in [0.15, 0.2) is 0 Å². The number of ether oxygens (including phenoxy) is 1. The zero-order valence-corrected chi connectivity index (χ0v) is 17.8. The first-order valence-corrected chi connectivity index (χ1v) is 10.2. The summed E-state index contributed by atoms with van der Waals surface area (Å²) in [5.74, 6) is -0.0106. The third kappa shape index (κ3) is 5.45. The molecule has 0 spiro atoms. The lowest BCUT2D eigenvalue weighted by atomic mass is 10.2. The van der Waals surface area contributed by atoms with Gasteiger partial charge in [0.05, 0.1) is 34.8 Å². The highest BCUT2D eigenvalue weighted by molar-refractivity contribution is 7.89. The Bertz CT molecular complexity index is 1010. The van der Waals surface area contributed by atoms with Gasteiger partial charge in [-0.05, 0) is 48.4 Å². The van der Waals surface area contributed by atoms with E-state index in [9.17, 15) is 13.2 Å². The van der Waals surface area contributed by atoms with Gasteiger partial charge in [-0.1, -0.05) is 29.3 Å². The largest absolute Gasteiger partial charge is 0.496 e. The minimum atomic E-state index is -3.84. The molecule has 0 atom stereocenters. The van der Waals surface area contributed by atoms with Crippen molar-refractivity contribution in [2.75, 3.05) is 20.7 Å². The monoisotopic (exact) mass is 443 g/mol. The number of methoxy groups -OCH3 is 1. The molecule has 0 heterocycles. The fourth-order valence-electron chi connectivity index (χ4n) is 2.29. The number of sulfonamides is 1.